The van der Waals surface area contributed by atoms with Crippen molar-refractivity contribution in [1.29, 1.82) is 5.26 Å². The van der Waals surface area contributed by atoms with Crippen LogP contribution in [0.5, 0.6) is 0 Å². The zero-order chi connectivity index (χ0) is 15.4. The lowest BCUT2D eigenvalue weighted by Crippen LogP contribution is -2.19. The molecule has 112 valence electrons. The van der Waals surface area contributed by atoms with Gasteiger partial charge in [-0.3, -0.25) is 4.79 Å². The van der Waals surface area contributed by atoms with Crippen molar-refractivity contribution in [1.82, 2.24) is 9.88 Å². The summed E-state index contributed by atoms with van der Waals surface area (Å²) in [5, 5.41) is 11.6. The number of hydrogen-bond acceptors (Lipinski definition) is 2. The van der Waals surface area contributed by atoms with Gasteiger partial charge in [-0.2, -0.15) is 5.26 Å². The number of nitrogens with one attached hydrogen (secondary N) is 1. The van der Waals surface area contributed by atoms with Gasteiger partial charge in [0.05, 0.1) is 0 Å². The van der Waals surface area contributed by atoms with Gasteiger partial charge in [-0.25, -0.2) is 0 Å². The molecule has 0 atom stereocenters. The maximum atomic E-state index is 11.6. The van der Waals surface area contributed by atoms with Crippen LogP contribution < -0.4 is 5.32 Å². The molecule has 0 radical (unpaired) electrons. The van der Waals surface area contributed by atoms with Crippen molar-refractivity contribution in [2.45, 2.75) is 52.0 Å². The molecule has 1 heterocycles. The Bertz CT molecular complexity index is 598. The number of carbonyl (C=O) groups excluding carboxylic acids is 1. The largest absolute Gasteiger partial charge is 0.354 e. The molecule has 1 amide bonds. The third kappa shape index (κ3) is 3.18. The highest BCUT2D eigenvalue weighted by atomic mass is 16.1. The molecule has 4 heteroatoms. The molecule has 1 aliphatic rings. The van der Waals surface area contributed by atoms with Gasteiger partial charge < -0.3 is 9.88 Å². The first-order valence-electron chi connectivity index (χ1n) is 7.60. The van der Waals surface area contributed by atoms with E-state index in [2.05, 4.69) is 29.8 Å². The summed E-state index contributed by atoms with van der Waals surface area (Å²) in [5.41, 5.74) is 3.48. The fourth-order valence-electron chi connectivity index (χ4n) is 3.29. The molecule has 21 heavy (non-hydrogen) atoms. The van der Waals surface area contributed by atoms with E-state index >= 15 is 0 Å². The van der Waals surface area contributed by atoms with Gasteiger partial charge in [-0.15, -0.1) is 0 Å². The number of amides is 1. The Labute approximate surface area is 126 Å². The van der Waals surface area contributed by atoms with Crippen LogP contribution in [0.15, 0.2) is 11.6 Å². The van der Waals surface area contributed by atoms with E-state index in [-0.39, 0.29) is 11.5 Å². The Morgan fingerprint density at radius 3 is 2.62 bits per heavy atom. The first kappa shape index (κ1) is 15.4. The minimum Gasteiger partial charge on any atom is -0.354 e. The molecule has 0 saturated heterocycles. The van der Waals surface area contributed by atoms with Crippen LogP contribution in [-0.2, 0) is 4.79 Å². The lowest BCUT2D eigenvalue weighted by Gasteiger charge is -2.26. The molecule has 0 aliphatic heterocycles. The highest BCUT2D eigenvalue weighted by Crippen LogP contribution is 2.32. The number of nitriles is 1. The Morgan fingerprint density at radius 1 is 1.38 bits per heavy atom. The second-order valence-electron chi connectivity index (χ2n) is 5.74. The van der Waals surface area contributed by atoms with Crippen molar-refractivity contribution >= 4 is 12.0 Å². The molecule has 1 saturated carbocycles. The molecule has 2 rings (SSSR count). The van der Waals surface area contributed by atoms with Gasteiger partial charge >= 0.3 is 0 Å². The van der Waals surface area contributed by atoms with Crippen molar-refractivity contribution in [3.8, 4) is 6.07 Å². The molecule has 1 fully saturated rings. The Morgan fingerprint density at radius 2 is 2.05 bits per heavy atom. The summed E-state index contributed by atoms with van der Waals surface area (Å²) in [6.07, 6.45) is 8.04. The van der Waals surface area contributed by atoms with Crippen molar-refractivity contribution < 1.29 is 4.79 Å². The normalized spacial score (nSPS) is 16.6. The number of carbonyl (C=O) groups is 1. The standard InChI is InChI=1S/C17H23N3O/c1-12-9-14(10-15(11-18)17(21)19-3)13(2)20(12)16-7-5-4-6-8-16/h9-10,16H,4-8H2,1-3H3,(H,19,21)/b15-10-. The third-order valence-corrected chi connectivity index (χ3v) is 4.36. The number of rotatable bonds is 3. The van der Waals surface area contributed by atoms with Crippen molar-refractivity contribution in [2.24, 2.45) is 0 Å². The van der Waals surface area contributed by atoms with Gasteiger partial charge in [0.1, 0.15) is 11.6 Å². The minimum atomic E-state index is -0.333. The molecule has 1 aliphatic carbocycles. The van der Waals surface area contributed by atoms with Crippen LogP contribution in [0.1, 0.15) is 55.1 Å². The van der Waals surface area contributed by atoms with E-state index in [1.165, 1.54) is 37.8 Å². The maximum Gasteiger partial charge on any atom is 0.261 e. The predicted molar refractivity (Wildman–Crippen MR) is 83.7 cm³/mol. The molecule has 0 spiro atoms. The van der Waals surface area contributed by atoms with Gasteiger partial charge in [0.25, 0.3) is 5.91 Å². The predicted octanol–water partition coefficient (Wildman–Crippen LogP) is 3.26. The van der Waals surface area contributed by atoms with Crippen LogP contribution in [0.3, 0.4) is 0 Å². The molecule has 0 unspecified atom stereocenters. The third-order valence-electron chi connectivity index (χ3n) is 4.36. The first-order valence-corrected chi connectivity index (χ1v) is 7.60. The van der Waals surface area contributed by atoms with E-state index in [0.717, 1.165) is 11.3 Å². The Balaban J connectivity index is 2.37. The lowest BCUT2D eigenvalue weighted by molar-refractivity contribution is -0.116. The monoisotopic (exact) mass is 285 g/mol. The first-order chi connectivity index (χ1) is 10.1. The van der Waals surface area contributed by atoms with Crippen LogP contribution in [0.4, 0.5) is 0 Å². The maximum absolute atomic E-state index is 11.6. The van der Waals surface area contributed by atoms with E-state index in [1.807, 2.05) is 6.07 Å². The topological polar surface area (TPSA) is 57.8 Å². The zero-order valence-corrected chi connectivity index (χ0v) is 13.1. The van der Waals surface area contributed by atoms with Crippen LogP contribution in [0, 0.1) is 25.2 Å². The van der Waals surface area contributed by atoms with Gasteiger partial charge in [-0.1, -0.05) is 19.3 Å². The summed E-state index contributed by atoms with van der Waals surface area (Å²) >= 11 is 0. The van der Waals surface area contributed by atoms with E-state index in [9.17, 15) is 4.79 Å². The smallest absolute Gasteiger partial charge is 0.261 e. The summed E-state index contributed by atoms with van der Waals surface area (Å²) in [4.78, 5) is 11.6. The van der Waals surface area contributed by atoms with Gasteiger partial charge in [-0.05, 0) is 44.4 Å². The Kier molecular flexibility index (Phi) is 4.85. The van der Waals surface area contributed by atoms with E-state index in [0.29, 0.717) is 6.04 Å². The fourth-order valence-corrected chi connectivity index (χ4v) is 3.29. The molecule has 0 bridgehead atoms. The highest BCUT2D eigenvalue weighted by Gasteiger charge is 2.20. The summed E-state index contributed by atoms with van der Waals surface area (Å²) in [6, 6.07) is 4.61. The van der Waals surface area contributed by atoms with E-state index in [1.54, 1.807) is 13.1 Å². The molecule has 4 nitrogen and oxygen atoms in total. The van der Waals surface area contributed by atoms with E-state index < -0.39 is 0 Å². The molecular weight excluding hydrogens is 262 g/mol. The van der Waals surface area contributed by atoms with Crippen LogP contribution in [0.25, 0.3) is 6.08 Å². The average Bonchev–Trinajstić information content (AvgIpc) is 2.79. The number of likely N-dealkylation sites (N-methyl/N-ethyl adjacent to an activating group) is 1. The number of aromatic nitrogens is 1. The SMILES string of the molecule is CNC(=O)/C(C#N)=C\c1cc(C)n(C2CCCCC2)c1C. The molecule has 1 aromatic heterocycles. The molecule has 1 aromatic rings. The zero-order valence-electron chi connectivity index (χ0n) is 13.1. The summed E-state index contributed by atoms with van der Waals surface area (Å²) < 4.78 is 2.38. The lowest BCUT2D eigenvalue weighted by atomic mass is 9.95. The van der Waals surface area contributed by atoms with Crippen LogP contribution in [0.2, 0.25) is 0 Å². The summed E-state index contributed by atoms with van der Waals surface area (Å²) in [7, 11) is 1.54. The highest BCUT2D eigenvalue weighted by molar-refractivity contribution is 6.01. The summed E-state index contributed by atoms with van der Waals surface area (Å²) in [5.74, 6) is -0.333. The fraction of sp³-hybridized carbons (Fsp3) is 0.529. The minimum absolute atomic E-state index is 0.154. The molecular formula is C17H23N3O. The molecule has 0 aromatic carbocycles. The van der Waals surface area contributed by atoms with Crippen molar-refractivity contribution in [3.63, 3.8) is 0 Å². The second-order valence-corrected chi connectivity index (χ2v) is 5.74. The van der Waals surface area contributed by atoms with Gasteiger partial charge in [0, 0.05) is 24.5 Å². The quantitative estimate of drug-likeness (QED) is 0.684. The number of hydrogen-bond donors (Lipinski definition) is 1. The second kappa shape index (κ2) is 6.62. The van der Waals surface area contributed by atoms with Crippen LogP contribution >= 0.6 is 0 Å². The average molecular weight is 285 g/mol. The van der Waals surface area contributed by atoms with Crippen molar-refractivity contribution in [2.75, 3.05) is 7.05 Å². The molecule has 1 N–H and O–H groups in total. The van der Waals surface area contributed by atoms with Crippen molar-refractivity contribution in [3.05, 3.63) is 28.6 Å². The number of nitrogens with zero attached hydrogens (tertiary/aromatic N) is 2. The summed E-state index contributed by atoms with van der Waals surface area (Å²) in [6.45, 7) is 4.18. The Hall–Kier alpha value is -2.02. The van der Waals surface area contributed by atoms with E-state index in [4.69, 9.17) is 5.26 Å². The van der Waals surface area contributed by atoms with Gasteiger partial charge in [0.15, 0.2) is 0 Å². The van der Waals surface area contributed by atoms with Crippen LogP contribution in [-0.4, -0.2) is 17.5 Å². The number of aryl methyl sites for hydroxylation is 1. The van der Waals surface area contributed by atoms with Gasteiger partial charge in [0.2, 0.25) is 0 Å².